The van der Waals surface area contributed by atoms with Gasteiger partial charge in [-0.25, -0.2) is 9.59 Å². The third-order valence-corrected chi connectivity index (χ3v) is 14.1. The summed E-state index contributed by atoms with van der Waals surface area (Å²) >= 11 is 0. The standard InChI is InChI=1S/C31H42N2O4.C30H40N2O4/c1-2-3-4-5-6-7-23-8-13-25(14-9-23)31(35)37-28-16-10-24(11-17-28)12-19-30(34)36-21-20-26-22-27(32)15-18-29(26)33;1-2-3-4-5-6-22-7-12-24(13-8-22)30(34)36-27-15-9-23(10-16-27)11-18-29(33)35-20-19-25-21-26(31)14-17-28(25)32/h10-12,15-19,22-23,25H,2-9,13-14,20-21,32-33H2,1H3;9-11,14-18,21-22,24H,2-8,12-13,19-20,31-32H2,1H3/b19-12+;18-11+. The van der Waals surface area contributed by atoms with Crippen molar-refractivity contribution in [3.8, 4) is 11.5 Å². The van der Waals surface area contributed by atoms with Gasteiger partial charge in [0.1, 0.15) is 11.5 Å². The number of nitrogens with two attached hydrogens (primary N) is 4. The van der Waals surface area contributed by atoms with E-state index in [0.717, 1.165) is 85.5 Å². The van der Waals surface area contributed by atoms with Crippen LogP contribution in [0.2, 0.25) is 0 Å². The Labute approximate surface area is 434 Å². The molecule has 73 heavy (non-hydrogen) atoms. The number of esters is 4. The van der Waals surface area contributed by atoms with Crippen LogP contribution in [-0.4, -0.2) is 37.1 Å². The molecule has 8 N–H and O–H groups in total. The maximum Gasteiger partial charge on any atom is 0.330 e. The lowest BCUT2D eigenvalue weighted by atomic mass is 9.80. The summed E-state index contributed by atoms with van der Waals surface area (Å²) in [5, 5.41) is 0. The Morgan fingerprint density at radius 3 is 1.23 bits per heavy atom. The van der Waals surface area contributed by atoms with E-state index < -0.39 is 11.9 Å². The van der Waals surface area contributed by atoms with Crippen molar-refractivity contribution in [2.24, 2.45) is 23.7 Å². The quantitative estimate of drug-likeness (QED) is 0.0161. The second kappa shape index (κ2) is 31.8. The van der Waals surface area contributed by atoms with Crippen LogP contribution in [0.15, 0.2) is 97.1 Å². The van der Waals surface area contributed by atoms with E-state index in [1.165, 1.54) is 82.8 Å². The Balaban J connectivity index is 0.000000271. The Morgan fingerprint density at radius 2 is 0.849 bits per heavy atom. The van der Waals surface area contributed by atoms with Gasteiger partial charge in [-0.15, -0.1) is 0 Å². The van der Waals surface area contributed by atoms with Gasteiger partial charge < -0.3 is 41.9 Å². The molecule has 2 saturated carbocycles. The van der Waals surface area contributed by atoms with Crippen molar-refractivity contribution in [3.63, 3.8) is 0 Å². The molecule has 12 nitrogen and oxygen atoms in total. The third kappa shape index (κ3) is 21.6. The number of carbonyl (C=O) groups excluding carboxylic acids is 4. The third-order valence-electron chi connectivity index (χ3n) is 14.1. The molecule has 2 fully saturated rings. The number of rotatable bonds is 25. The summed E-state index contributed by atoms with van der Waals surface area (Å²) < 4.78 is 21.8. The maximum atomic E-state index is 12.6. The van der Waals surface area contributed by atoms with Crippen LogP contribution in [0.5, 0.6) is 11.5 Å². The number of hydrogen-bond donors (Lipinski definition) is 4. The van der Waals surface area contributed by atoms with Crippen LogP contribution < -0.4 is 32.4 Å². The van der Waals surface area contributed by atoms with Gasteiger partial charge in [0, 0.05) is 47.7 Å². The van der Waals surface area contributed by atoms with E-state index in [-0.39, 0.29) is 37.0 Å². The first-order valence-electron chi connectivity index (χ1n) is 27.0. The Kier molecular flexibility index (Phi) is 25.0. The van der Waals surface area contributed by atoms with Crippen LogP contribution in [0.4, 0.5) is 22.7 Å². The van der Waals surface area contributed by atoms with Crippen molar-refractivity contribution in [3.05, 3.63) is 119 Å². The van der Waals surface area contributed by atoms with Crippen molar-refractivity contribution in [1.82, 2.24) is 0 Å². The normalized spacial score (nSPS) is 17.6. The van der Waals surface area contributed by atoms with E-state index in [4.69, 9.17) is 41.9 Å². The summed E-state index contributed by atoms with van der Waals surface area (Å²) in [6.07, 6.45) is 29.7. The van der Waals surface area contributed by atoms with E-state index in [1.54, 1.807) is 72.8 Å². The molecule has 4 aromatic rings. The first-order chi connectivity index (χ1) is 35.4. The highest BCUT2D eigenvalue weighted by Gasteiger charge is 2.29. The molecule has 0 amide bonds. The molecule has 4 aromatic carbocycles. The molecule has 2 aliphatic rings. The molecule has 0 aliphatic heterocycles. The second-order valence-electron chi connectivity index (χ2n) is 19.9. The molecule has 0 spiro atoms. The molecule has 2 aliphatic carbocycles. The number of ether oxygens (including phenoxy) is 4. The average Bonchev–Trinajstić information content (AvgIpc) is 3.39. The molecule has 0 heterocycles. The van der Waals surface area contributed by atoms with E-state index in [2.05, 4.69) is 13.8 Å². The van der Waals surface area contributed by atoms with Gasteiger partial charge in [-0.2, -0.15) is 0 Å². The fraction of sp³-hybridized carbons (Fsp3) is 0.475. The highest BCUT2D eigenvalue weighted by molar-refractivity contribution is 5.87. The van der Waals surface area contributed by atoms with Crippen molar-refractivity contribution < 1.29 is 38.1 Å². The van der Waals surface area contributed by atoms with Crippen LogP contribution in [0.3, 0.4) is 0 Å². The van der Waals surface area contributed by atoms with E-state index in [0.29, 0.717) is 47.1 Å². The lowest BCUT2D eigenvalue weighted by molar-refractivity contribution is -0.141. The lowest BCUT2D eigenvalue weighted by Gasteiger charge is -2.27. The van der Waals surface area contributed by atoms with Crippen molar-refractivity contribution in [2.45, 2.75) is 149 Å². The fourth-order valence-electron chi connectivity index (χ4n) is 9.60. The molecular formula is C61H82N4O8. The summed E-state index contributed by atoms with van der Waals surface area (Å²) in [6, 6.07) is 24.8. The van der Waals surface area contributed by atoms with Crippen molar-refractivity contribution >= 4 is 58.8 Å². The minimum absolute atomic E-state index is 0.00564. The average molecular weight is 999 g/mol. The van der Waals surface area contributed by atoms with Gasteiger partial charge in [-0.3, -0.25) is 9.59 Å². The molecule has 394 valence electrons. The first-order valence-corrected chi connectivity index (χ1v) is 27.0. The minimum Gasteiger partial charge on any atom is -0.462 e. The van der Waals surface area contributed by atoms with Crippen LogP contribution in [0, 0.1) is 23.7 Å². The summed E-state index contributed by atoms with van der Waals surface area (Å²) in [5.41, 5.74) is 29.2. The fourth-order valence-corrected chi connectivity index (χ4v) is 9.60. The maximum absolute atomic E-state index is 12.6. The van der Waals surface area contributed by atoms with Crippen LogP contribution in [0.25, 0.3) is 12.2 Å². The van der Waals surface area contributed by atoms with Crippen LogP contribution >= 0.6 is 0 Å². The molecule has 12 heteroatoms. The molecule has 0 aromatic heterocycles. The number of hydrogen-bond acceptors (Lipinski definition) is 12. The largest absolute Gasteiger partial charge is 0.462 e. The summed E-state index contributed by atoms with van der Waals surface area (Å²) in [6.45, 7) is 4.91. The molecule has 0 atom stereocenters. The van der Waals surface area contributed by atoms with Gasteiger partial charge in [0.05, 0.1) is 25.0 Å². The van der Waals surface area contributed by atoms with E-state index in [1.807, 2.05) is 24.3 Å². The first kappa shape index (κ1) is 57.3. The number of nitrogen functional groups attached to an aromatic ring is 4. The number of benzene rings is 4. The van der Waals surface area contributed by atoms with Gasteiger partial charge >= 0.3 is 23.9 Å². The number of unbranched alkanes of at least 4 members (excludes halogenated alkanes) is 7. The van der Waals surface area contributed by atoms with Crippen molar-refractivity contribution in [1.29, 1.82) is 0 Å². The van der Waals surface area contributed by atoms with Crippen LogP contribution in [-0.2, 0) is 41.5 Å². The summed E-state index contributed by atoms with van der Waals surface area (Å²) in [5.74, 6) is 1.44. The molecule has 0 radical (unpaired) electrons. The molecule has 0 bridgehead atoms. The Hall–Kier alpha value is -6.56. The predicted molar refractivity (Wildman–Crippen MR) is 295 cm³/mol. The summed E-state index contributed by atoms with van der Waals surface area (Å²) in [7, 11) is 0. The van der Waals surface area contributed by atoms with E-state index in [9.17, 15) is 19.2 Å². The molecule has 6 rings (SSSR count). The van der Waals surface area contributed by atoms with Crippen molar-refractivity contribution in [2.75, 3.05) is 36.1 Å². The highest BCUT2D eigenvalue weighted by atomic mass is 16.5. The van der Waals surface area contributed by atoms with Gasteiger partial charge in [-0.05, 0) is 158 Å². The summed E-state index contributed by atoms with van der Waals surface area (Å²) in [4.78, 5) is 49.3. The van der Waals surface area contributed by atoms with E-state index >= 15 is 0 Å². The van der Waals surface area contributed by atoms with Crippen LogP contribution in [0.1, 0.15) is 158 Å². The topological polar surface area (TPSA) is 209 Å². The lowest BCUT2D eigenvalue weighted by Crippen LogP contribution is -2.25. The zero-order chi connectivity index (χ0) is 52.2. The number of carbonyl (C=O) groups is 4. The second-order valence-corrected chi connectivity index (χ2v) is 19.9. The Morgan fingerprint density at radius 1 is 0.479 bits per heavy atom. The smallest absolute Gasteiger partial charge is 0.330 e. The monoisotopic (exact) mass is 999 g/mol. The molecule has 0 unspecified atom stereocenters. The van der Waals surface area contributed by atoms with Gasteiger partial charge in [-0.1, -0.05) is 109 Å². The predicted octanol–water partition coefficient (Wildman–Crippen LogP) is 13.1. The Bertz CT molecular complexity index is 2360. The van der Waals surface area contributed by atoms with Gasteiger partial charge in [0.15, 0.2) is 0 Å². The molecule has 0 saturated heterocycles. The zero-order valence-electron chi connectivity index (χ0n) is 43.5. The zero-order valence-corrected chi connectivity index (χ0v) is 43.5. The minimum atomic E-state index is -0.436. The van der Waals surface area contributed by atoms with Gasteiger partial charge in [0.2, 0.25) is 0 Å². The highest BCUT2D eigenvalue weighted by Crippen LogP contribution is 2.35. The number of anilines is 4. The molecular weight excluding hydrogens is 917 g/mol. The SMILES string of the molecule is CCCCCCC1CCC(C(=O)Oc2ccc(/C=C/C(=O)OCCc3cc(N)ccc3N)cc2)CC1.CCCCCCCC1CCC(C(=O)Oc2ccc(/C=C/C(=O)OCCc3cc(N)ccc3N)cc2)CC1. The van der Waals surface area contributed by atoms with Gasteiger partial charge in [0.25, 0.3) is 0 Å².